The van der Waals surface area contributed by atoms with Crippen molar-refractivity contribution < 1.29 is 0 Å². The summed E-state index contributed by atoms with van der Waals surface area (Å²) in [5, 5.41) is 4.44. The lowest BCUT2D eigenvalue weighted by Crippen LogP contribution is -2.00. The zero-order valence-corrected chi connectivity index (χ0v) is 25.8. The minimum absolute atomic E-state index is 0.613. The first-order valence-corrected chi connectivity index (χ1v) is 16.1. The Bertz CT molecular complexity index is 2520. The van der Waals surface area contributed by atoms with E-state index in [0.717, 1.165) is 70.5 Å². The van der Waals surface area contributed by atoms with E-state index in [9.17, 15) is 0 Å². The van der Waals surface area contributed by atoms with Crippen molar-refractivity contribution in [2.75, 3.05) is 0 Å². The first kappa shape index (κ1) is 27.2. The van der Waals surface area contributed by atoms with Gasteiger partial charge in [-0.05, 0) is 41.8 Å². The van der Waals surface area contributed by atoms with Crippen LogP contribution in [0.3, 0.4) is 0 Å². The van der Waals surface area contributed by atoms with Gasteiger partial charge in [0.1, 0.15) is 9.66 Å². The number of pyridine rings is 3. The molecule has 0 radical (unpaired) electrons. The van der Waals surface area contributed by atoms with Gasteiger partial charge in [-0.15, -0.1) is 0 Å². The molecule has 0 N–H and O–H groups in total. The van der Waals surface area contributed by atoms with Crippen molar-refractivity contribution in [1.29, 1.82) is 0 Å². The molecule has 220 valence electrons. The molecule has 0 aliphatic heterocycles. The highest BCUT2D eigenvalue weighted by Crippen LogP contribution is 2.35. The Morgan fingerprint density at radius 3 is 1.57 bits per heavy atom. The van der Waals surface area contributed by atoms with Crippen molar-refractivity contribution in [3.63, 3.8) is 0 Å². The highest BCUT2D eigenvalue weighted by Gasteiger charge is 2.15. The molecule has 9 rings (SSSR count). The lowest BCUT2D eigenvalue weighted by atomic mass is 10.1. The highest BCUT2D eigenvalue weighted by molar-refractivity contribution is 7.25. The molecular formula is C40H24N6S. The number of hydrogen-bond donors (Lipinski definition) is 0. The quantitative estimate of drug-likeness (QED) is 0.191. The fraction of sp³-hybridized carbons (Fsp3) is 0. The Hall–Kier alpha value is -6.18. The van der Waals surface area contributed by atoms with Crippen molar-refractivity contribution >= 4 is 42.5 Å². The summed E-state index contributed by atoms with van der Waals surface area (Å²) in [5.74, 6) is 1.88. The third-order valence-electron chi connectivity index (χ3n) is 8.21. The van der Waals surface area contributed by atoms with E-state index < -0.39 is 0 Å². The van der Waals surface area contributed by atoms with Crippen LogP contribution in [-0.2, 0) is 0 Å². The zero-order chi connectivity index (χ0) is 31.2. The minimum atomic E-state index is 0.613. The van der Waals surface area contributed by atoms with Crippen molar-refractivity contribution in [3.05, 3.63) is 146 Å². The van der Waals surface area contributed by atoms with E-state index in [2.05, 4.69) is 53.5 Å². The fourth-order valence-corrected chi connectivity index (χ4v) is 6.87. The molecular weight excluding hydrogens is 597 g/mol. The number of aromatic nitrogens is 6. The summed E-state index contributed by atoms with van der Waals surface area (Å²) in [6.45, 7) is 0. The largest absolute Gasteiger partial charge is 0.254 e. The van der Waals surface area contributed by atoms with E-state index in [4.69, 9.17) is 24.9 Å². The lowest BCUT2D eigenvalue weighted by Gasteiger charge is -2.09. The summed E-state index contributed by atoms with van der Waals surface area (Å²) in [4.78, 5) is 31.3. The molecule has 0 amide bonds. The minimum Gasteiger partial charge on any atom is -0.254 e. The highest BCUT2D eigenvalue weighted by atomic mass is 32.1. The van der Waals surface area contributed by atoms with Crippen LogP contribution in [0.1, 0.15) is 0 Å². The molecule has 0 saturated heterocycles. The molecule has 0 aliphatic carbocycles. The van der Waals surface area contributed by atoms with Crippen LogP contribution in [0.15, 0.2) is 146 Å². The molecule has 7 heteroatoms. The Morgan fingerprint density at radius 1 is 0.362 bits per heavy atom. The van der Waals surface area contributed by atoms with Gasteiger partial charge in [0.25, 0.3) is 0 Å². The van der Waals surface area contributed by atoms with Gasteiger partial charge in [-0.1, -0.05) is 114 Å². The Kier molecular flexibility index (Phi) is 6.54. The molecule has 0 saturated carbocycles. The van der Waals surface area contributed by atoms with Crippen LogP contribution in [0.2, 0.25) is 0 Å². The molecule has 4 aromatic carbocycles. The van der Waals surface area contributed by atoms with Gasteiger partial charge in [0.05, 0.1) is 17.1 Å². The normalized spacial score (nSPS) is 11.4. The Labute approximate surface area is 274 Å². The average Bonchev–Trinajstić information content (AvgIpc) is 3.52. The summed E-state index contributed by atoms with van der Waals surface area (Å²) >= 11 is 1.60. The number of benzene rings is 4. The van der Waals surface area contributed by atoms with E-state index in [1.165, 1.54) is 0 Å². The van der Waals surface area contributed by atoms with Crippen LogP contribution in [0.4, 0.5) is 0 Å². The maximum Gasteiger partial charge on any atom is 0.164 e. The van der Waals surface area contributed by atoms with Crippen molar-refractivity contribution in [3.8, 4) is 56.8 Å². The van der Waals surface area contributed by atoms with Gasteiger partial charge in [0.2, 0.25) is 0 Å². The van der Waals surface area contributed by atoms with Gasteiger partial charge in [-0.2, -0.15) is 0 Å². The summed E-state index contributed by atoms with van der Waals surface area (Å²) in [6.07, 6.45) is 1.91. The number of hydrogen-bond acceptors (Lipinski definition) is 7. The predicted molar refractivity (Wildman–Crippen MR) is 191 cm³/mol. The third-order valence-corrected chi connectivity index (χ3v) is 9.22. The van der Waals surface area contributed by atoms with E-state index in [-0.39, 0.29) is 0 Å². The van der Waals surface area contributed by atoms with Crippen molar-refractivity contribution in [2.24, 2.45) is 0 Å². The average molecular weight is 621 g/mol. The molecule has 0 bridgehead atoms. The standard InChI is InChI=1S/C40H24N6S/c1-3-10-25(11-4-1)36-44-37(26-12-5-2-6-13-26)46-38(45-36)29-17-9-16-28(22-29)33-20-18-31-32-19-21-34(43-40(32)47-39(31)42-33)35-23-27-14-7-8-15-30(27)24-41-35/h1-24H. The lowest BCUT2D eigenvalue weighted by molar-refractivity contribution is 1.07. The van der Waals surface area contributed by atoms with E-state index in [0.29, 0.717) is 17.5 Å². The van der Waals surface area contributed by atoms with Gasteiger partial charge in [0.15, 0.2) is 17.5 Å². The molecule has 0 fully saturated rings. The van der Waals surface area contributed by atoms with Gasteiger partial charge in [-0.3, -0.25) is 4.98 Å². The maximum absolute atomic E-state index is 5.10. The van der Waals surface area contributed by atoms with E-state index in [1.807, 2.05) is 97.2 Å². The third kappa shape index (κ3) is 5.09. The second-order valence-electron chi connectivity index (χ2n) is 11.2. The summed E-state index contributed by atoms with van der Waals surface area (Å²) < 4.78 is 0. The molecule has 47 heavy (non-hydrogen) atoms. The topological polar surface area (TPSA) is 77.3 Å². The summed E-state index contributed by atoms with van der Waals surface area (Å²) in [5.41, 5.74) is 6.35. The monoisotopic (exact) mass is 620 g/mol. The summed E-state index contributed by atoms with van der Waals surface area (Å²) in [7, 11) is 0. The number of rotatable bonds is 5. The molecule has 5 aromatic heterocycles. The second kappa shape index (κ2) is 11.3. The maximum atomic E-state index is 5.10. The van der Waals surface area contributed by atoms with Gasteiger partial charge in [0, 0.05) is 44.6 Å². The Balaban J connectivity index is 1.10. The van der Waals surface area contributed by atoms with Crippen LogP contribution in [-0.4, -0.2) is 29.9 Å². The van der Waals surface area contributed by atoms with Gasteiger partial charge < -0.3 is 0 Å². The number of fused-ring (bicyclic) bond motifs is 4. The fourth-order valence-electron chi connectivity index (χ4n) is 5.82. The van der Waals surface area contributed by atoms with E-state index >= 15 is 0 Å². The molecule has 0 spiro atoms. The molecule has 6 nitrogen and oxygen atoms in total. The van der Waals surface area contributed by atoms with Crippen molar-refractivity contribution in [2.45, 2.75) is 0 Å². The predicted octanol–water partition coefficient (Wildman–Crippen LogP) is 9.91. The van der Waals surface area contributed by atoms with Crippen LogP contribution in [0, 0.1) is 0 Å². The number of nitrogens with zero attached hydrogens (tertiary/aromatic N) is 6. The Morgan fingerprint density at radius 2 is 0.894 bits per heavy atom. The summed E-state index contributed by atoms with van der Waals surface area (Å²) in [6, 6.07) is 47.0. The first-order valence-electron chi connectivity index (χ1n) is 15.3. The zero-order valence-electron chi connectivity index (χ0n) is 24.9. The SMILES string of the molecule is c1ccc(-c2nc(-c3ccccc3)nc(-c3cccc(-c4ccc5c(n4)sc4nc(-c6cc7ccccc7cn6)ccc45)c3)n2)cc1. The van der Waals surface area contributed by atoms with Crippen LogP contribution < -0.4 is 0 Å². The van der Waals surface area contributed by atoms with Crippen LogP contribution >= 0.6 is 11.3 Å². The molecule has 0 atom stereocenters. The molecule has 0 unspecified atom stereocenters. The van der Waals surface area contributed by atoms with Gasteiger partial charge >= 0.3 is 0 Å². The smallest absolute Gasteiger partial charge is 0.164 e. The number of thiophene rings is 1. The first-order chi connectivity index (χ1) is 23.2. The van der Waals surface area contributed by atoms with Crippen LogP contribution in [0.25, 0.3) is 88.0 Å². The second-order valence-corrected chi connectivity index (χ2v) is 12.2. The van der Waals surface area contributed by atoms with Gasteiger partial charge in [-0.25, -0.2) is 24.9 Å². The molecule has 0 aliphatic rings. The van der Waals surface area contributed by atoms with Crippen molar-refractivity contribution in [1.82, 2.24) is 29.9 Å². The molecule has 5 heterocycles. The molecule has 9 aromatic rings. The van der Waals surface area contributed by atoms with E-state index in [1.54, 1.807) is 11.3 Å². The van der Waals surface area contributed by atoms with Crippen LogP contribution in [0.5, 0.6) is 0 Å².